The molecule has 8 nitrogen and oxygen atoms in total. The van der Waals surface area contributed by atoms with Gasteiger partial charge in [-0.3, -0.25) is 19.3 Å². The molecule has 34 heavy (non-hydrogen) atoms. The standard InChI is InChI=1S/C26H22N2O6/c1-16(28-24(30)21-10-6-7-11-22(21)25(28)31)26(32)33-17(2)23(29)27-18-12-14-20(15-13-18)34-19-8-4-3-5-9-19/h3-17H,1-2H3,(H,27,29)/t16-,17+/m0/s1. The lowest BCUT2D eigenvalue weighted by molar-refractivity contribution is -0.156. The van der Waals surface area contributed by atoms with Crippen LogP contribution >= 0.6 is 0 Å². The second kappa shape index (κ2) is 9.58. The lowest BCUT2D eigenvalue weighted by atomic mass is 10.1. The van der Waals surface area contributed by atoms with Crippen LogP contribution in [0.2, 0.25) is 0 Å². The molecule has 3 aromatic carbocycles. The lowest BCUT2D eigenvalue weighted by Gasteiger charge is -2.22. The zero-order valence-corrected chi connectivity index (χ0v) is 18.6. The van der Waals surface area contributed by atoms with Crippen molar-refractivity contribution < 1.29 is 28.7 Å². The van der Waals surface area contributed by atoms with Gasteiger partial charge < -0.3 is 14.8 Å². The van der Waals surface area contributed by atoms with E-state index in [1.807, 2.05) is 30.3 Å². The van der Waals surface area contributed by atoms with Gasteiger partial charge in [-0.25, -0.2) is 4.79 Å². The Bertz CT molecular complexity index is 1200. The van der Waals surface area contributed by atoms with Gasteiger partial charge >= 0.3 is 5.97 Å². The average molecular weight is 458 g/mol. The number of nitrogens with zero attached hydrogens (tertiary/aromatic N) is 1. The summed E-state index contributed by atoms with van der Waals surface area (Å²) in [6.07, 6.45) is -1.15. The zero-order chi connectivity index (χ0) is 24.2. The summed E-state index contributed by atoms with van der Waals surface area (Å²) in [4.78, 5) is 51.1. The van der Waals surface area contributed by atoms with Gasteiger partial charge in [-0.1, -0.05) is 30.3 Å². The number of benzene rings is 3. The number of carbonyl (C=O) groups excluding carboxylic acids is 4. The highest BCUT2D eigenvalue weighted by Gasteiger charge is 2.41. The molecule has 172 valence electrons. The van der Waals surface area contributed by atoms with Crippen molar-refractivity contribution in [3.8, 4) is 11.5 Å². The number of carbonyl (C=O) groups is 4. The number of esters is 1. The molecule has 1 aliphatic rings. The molecule has 1 heterocycles. The maximum atomic E-state index is 12.6. The molecule has 2 atom stereocenters. The van der Waals surface area contributed by atoms with Crippen LogP contribution in [0, 0.1) is 0 Å². The first kappa shape index (κ1) is 22.7. The minimum atomic E-state index is -1.18. The van der Waals surface area contributed by atoms with E-state index < -0.39 is 35.8 Å². The molecule has 8 heteroatoms. The predicted molar refractivity (Wildman–Crippen MR) is 124 cm³/mol. The van der Waals surface area contributed by atoms with E-state index in [2.05, 4.69) is 5.32 Å². The summed E-state index contributed by atoms with van der Waals surface area (Å²) in [6.45, 7) is 2.80. The minimum absolute atomic E-state index is 0.234. The van der Waals surface area contributed by atoms with Crippen molar-refractivity contribution >= 4 is 29.4 Å². The first-order chi connectivity index (χ1) is 16.3. The van der Waals surface area contributed by atoms with E-state index in [4.69, 9.17) is 9.47 Å². The third-order valence-corrected chi connectivity index (χ3v) is 5.32. The fourth-order valence-electron chi connectivity index (χ4n) is 3.47. The Morgan fingerprint density at radius 1 is 0.765 bits per heavy atom. The molecular formula is C26H22N2O6. The Hall–Kier alpha value is -4.46. The maximum absolute atomic E-state index is 12.6. The van der Waals surface area contributed by atoms with Crippen molar-refractivity contribution in [2.24, 2.45) is 0 Å². The first-order valence-corrected chi connectivity index (χ1v) is 10.7. The lowest BCUT2D eigenvalue weighted by Crippen LogP contribution is -2.45. The largest absolute Gasteiger partial charge is 0.457 e. The summed E-state index contributed by atoms with van der Waals surface area (Å²) >= 11 is 0. The topological polar surface area (TPSA) is 102 Å². The molecule has 0 saturated carbocycles. The van der Waals surface area contributed by atoms with Crippen LogP contribution < -0.4 is 10.1 Å². The number of nitrogens with one attached hydrogen (secondary N) is 1. The highest BCUT2D eigenvalue weighted by atomic mass is 16.5. The highest BCUT2D eigenvalue weighted by Crippen LogP contribution is 2.25. The van der Waals surface area contributed by atoms with Crippen molar-refractivity contribution in [1.82, 2.24) is 4.90 Å². The molecule has 0 saturated heterocycles. The first-order valence-electron chi connectivity index (χ1n) is 10.7. The van der Waals surface area contributed by atoms with Crippen LogP contribution in [0.15, 0.2) is 78.9 Å². The smallest absolute Gasteiger partial charge is 0.329 e. The van der Waals surface area contributed by atoms with Gasteiger partial charge in [-0.05, 0) is 62.4 Å². The van der Waals surface area contributed by atoms with Crippen LogP contribution in [0.3, 0.4) is 0 Å². The highest BCUT2D eigenvalue weighted by molar-refractivity contribution is 6.22. The maximum Gasteiger partial charge on any atom is 0.329 e. The van der Waals surface area contributed by atoms with Crippen LogP contribution in [0.4, 0.5) is 5.69 Å². The number of amides is 3. The van der Waals surface area contributed by atoms with Gasteiger partial charge in [0, 0.05) is 5.69 Å². The third kappa shape index (κ3) is 4.66. The Kier molecular flexibility index (Phi) is 6.40. The molecule has 0 fully saturated rings. The summed E-state index contributed by atoms with van der Waals surface area (Å²) in [5.41, 5.74) is 0.956. The van der Waals surface area contributed by atoms with Crippen molar-refractivity contribution in [2.45, 2.75) is 26.0 Å². The molecule has 0 bridgehead atoms. The normalized spacial score (nSPS) is 14.2. The summed E-state index contributed by atoms with van der Waals surface area (Å²) in [5, 5.41) is 2.66. The van der Waals surface area contributed by atoms with Crippen molar-refractivity contribution in [2.75, 3.05) is 5.32 Å². The number of anilines is 1. The molecule has 1 N–H and O–H groups in total. The molecule has 0 aliphatic carbocycles. The van der Waals surface area contributed by atoms with Gasteiger partial charge in [0.1, 0.15) is 17.5 Å². The van der Waals surface area contributed by atoms with Gasteiger partial charge in [0.2, 0.25) is 0 Å². The second-order valence-electron chi connectivity index (χ2n) is 7.71. The van der Waals surface area contributed by atoms with E-state index in [1.165, 1.54) is 26.0 Å². The molecule has 0 unspecified atom stereocenters. The molecule has 0 aromatic heterocycles. The SMILES string of the molecule is C[C@@H](OC(=O)[C@H](C)N1C(=O)c2ccccc2C1=O)C(=O)Nc1ccc(Oc2ccccc2)cc1. The molecule has 0 spiro atoms. The van der Waals surface area contributed by atoms with Crippen LogP contribution in [0.25, 0.3) is 0 Å². The van der Waals surface area contributed by atoms with E-state index in [1.54, 1.807) is 36.4 Å². The van der Waals surface area contributed by atoms with Gasteiger partial charge in [0.05, 0.1) is 11.1 Å². The number of ether oxygens (including phenoxy) is 2. The molecular weight excluding hydrogens is 436 g/mol. The Balaban J connectivity index is 1.33. The Morgan fingerprint density at radius 2 is 1.29 bits per heavy atom. The van der Waals surface area contributed by atoms with Gasteiger partial charge in [0.15, 0.2) is 6.10 Å². The monoisotopic (exact) mass is 458 g/mol. The van der Waals surface area contributed by atoms with E-state index in [0.29, 0.717) is 17.2 Å². The summed E-state index contributed by atoms with van der Waals surface area (Å²) < 4.78 is 10.9. The van der Waals surface area contributed by atoms with Gasteiger partial charge in [0.25, 0.3) is 17.7 Å². The van der Waals surface area contributed by atoms with E-state index >= 15 is 0 Å². The van der Waals surface area contributed by atoms with Crippen molar-refractivity contribution in [3.05, 3.63) is 90.0 Å². The fourth-order valence-corrected chi connectivity index (χ4v) is 3.47. The van der Waals surface area contributed by atoms with Gasteiger partial charge in [-0.15, -0.1) is 0 Å². The molecule has 0 radical (unpaired) electrons. The quantitative estimate of drug-likeness (QED) is 0.424. The fraction of sp³-hybridized carbons (Fsp3) is 0.154. The minimum Gasteiger partial charge on any atom is -0.457 e. The number of fused-ring (bicyclic) bond motifs is 1. The zero-order valence-electron chi connectivity index (χ0n) is 18.6. The number of para-hydroxylation sites is 1. The van der Waals surface area contributed by atoms with E-state index in [-0.39, 0.29) is 11.1 Å². The third-order valence-electron chi connectivity index (χ3n) is 5.32. The van der Waals surface area contributed by atoms with Crippen LogP contribution in [-0.2, 0) is 14.3 Å². The summed E-state index contributed by atoms with van der Waals surface area (Å²) in [6, 6.07) is 21.1. The van der Waals surface area contributed by atoms with Crippen LogP contribution in [-0.4, -0.2) is 40.7 Å². The Morgan fingerprint density at radius 3 is 1.88 bits per heavy atom. The van der Waals surface area contributed by atoms with E-state index in [0.717, 1.165) is 4.90 Å². The van der Waals surface area contributed by atoms with Crippen LogP contribution in [0.5, 0.6) is 11.5 Å². The molecule has 1 aliphatic heterocycles. The average Bonchev–Trinajstić information content (AvgIpc) is 3.10. The van der Waals surface area contributed by atoms with Gasteiger partial charge in [-0.2, -0.15) is 0 Å². The number of rotatable bonds is 7. The number of hydrogen-bond acceptors (Lipinski definition) is 6. The second-order valence-corrected chi connectivity index (χ2v) is 7.71. The summed E-state index contributed by atoms with van der Waals surface area (Å²) in [7, 11) is 0. The van der Waals surface area contributed by atoms with Crippen molar-refractivity contribution in [1.29, 1.82) is 0 Å². The number of hydrogen-bond donors (Lipinski definition) is 1. The van der Waals surface area contributed by atoms with Crippen molar-refractivity contribution in [3.63, 3.8) is 0 Å². The number of imide groups is 1. The Labute approximate surface area is 196 Å². The molecule has 3 amide bonds. The molecule has 3 aromatic rings. The summed E-state index contributed by atoms with van der Waals surface area (Å²) in [5.74, 6) is -1.27. The van der Waals surface area contributed by atoms with E-state index in [9.17, 15) is 19.2 Å². The van der Waals surface area contributed by atoms with Crippen LogP contribution in [0.1, 0.15) is 34.6 Å². The molecule has 4 rings (SSSR count). The predicted octanol–water partition coefficient (Wildman–Crippen LogP) is 4.03.